The fourth-order valence-electron chi connectivity index (χ4n) is 3.38. The van der Waals surface area contributed by atoms with Crippen molar-refractivity contribution in [1.82, 2.24) is 9.47 Å². The third-order valence-electron chi connectivity index (χ3n) is 4.89. The molecule has 3 heterocycles. The van der Waals surface area contributed by atoms with Gasteiger partial charge in [-0.3, -0.25) is 4.90 Å². The van der Waals surface area contributed by atoms with Crippen molar-refractivity contribution in [3.63, 3.8) is 0 Å². The van der Waals surface area contributed by atoms with Crippen LogP contribution in [-0.4, -0.2) is 42.3 Å². The molecule has 0 aromatic carbocycles. The molecule has 3 nitrogen and oxygen atoms in total. The van der Waals surface area contributed by atoms with Crippen LogP contribution in [-0.2, 0) is 17.7 Å². The highest BCUT2D eigenvalue weighted by atomic mass is 32.1. The highest BCUT2D eigenvalue weighted by molar-refractivity contribution is 7.18. The largest absolute Gasteiger partial charge is 0.379 e. The molecule has 2 aromatic rings. The van der Waals surface area contributed by atoms with Gasteiger partial charge in [-0.15, -0.1) is 11.3 Å². The van der Waals surface area contributed by atoms with Gasteiger partial charge in [-0.05, 0) is 38.0 Å². The molecule has 1 aliphatic heterocycles. The third-order valence-corrected chi connectivity index (χ3v) is 6.06. The van der Waals surface area contributed by atoms with Crippen LogP contribution in [0.25, 0.3) is 10.2 Å². The van der Waals surface area contributed by atoms with Gasteiger partial charge in [0.15, 0.2) is 0 Å². The van der Waals surface area contributed by atoms with Crippen LogP contribution in [0.15, 0.2) is 35.9 Å². The average molecular weight is 359 g/mol. The summed E-state index contributed by atoms with van der Waals surface area (Å²) in [6.07, 6.45) is 8.87. The number of thiophene rings is 1. The number of nitrogens with zero attached hydrogens (tertiary/aromatic N) is 2. The summed E-state index contributed by atoms with van der Waals surface area (Å²) < 4.78 is 7.95. The molecule has 0 bridgehead atoms. The molecule has 0 amide bonds. The van der Waals surface area contributed by atoms with Crippen molar-refractivity contribution in [3.8, 4) is 0 Å². The van der Waals surface area contributed by atoms with Crippen LogP contribution in [0.2, 0.25) is 0 Å². The Bertz CT molecular complexity index is 747. The second kappa shape index (κ2) is 8.84. The molecule has 1 aliphatic rings. The van der Waals surface area contributed by atoms with Crippen LogP contribution >= 0.6 is 11.3 Å². The Balaban J connectivity index is 1.72. The van der Waals surface area contributed by atoms with Gasteiger partial charge >= 0.3 is 0 Å². The van der Waals surface area contributed by atoms with E-state index in [1.165, 1.54) is 26.4 Å². The van der Waals surface area contributed by atoms with E-state index in [2.05, 4.69) is 60.6 Å². The van der Waals surface area contributed by atoms with E-state index in [0.29, 0.717) is 0 Å². The number of allylic oxidation sites excluding steroid dienone is 4. The van der Waals surface area contributed by atoms with Gasteiger partial charge in [0.2, 0.25) is 0 Å². The Hall–Kier alpha value is -1.36. The fraction of sp³-hybridized carbons (Fsp3) is 0.524. The van der Waals surface area contributed by atoms with Crippen molar-refractivity contribution in [2.24, 2.45) is 0 Å². The molecule has 0 N–H and O–H groups in total. The lowest BCUT2D eigenvalue weighted by Crippen LogP contribution is -2.38. The van der Waals surface area contributed by atoms with Crippen molar-refractivity contribution < 1.29 is 4.74 Å². The molecule has 0 spiro atoms. The Morgan fingerprint density at radius 2 is 2.04 bits per heavy atom. The minimum Gasteiger partial charge on any atom is -0.379 e. The van der Waals surface area contributed by atoms with Gasteiger partial charge in [0, 0.05) is 48.6 Å². The van der Waals surface area contributed by atoms with Crippen LogP contribution in [0.1, 0.15) is 30.8 Å². The molecule has 0 atom stereocenters. The van der Waals surface area contributed by atoms with Crippen molar-refractivity contribution in [2.75, 3.05) is 32.8 Å². The first-order chi connectivity index (χ1) is 12.2. The molecular formula is C21H30N2OS. The summed E-state index contributed by atoms with van der Waals surface area (Å²) in [5.41, 5.74) is 2.78. The number of fused-ring (bicyclic) bond motifs is 1. The van der Waals surface area contributed by atoms with Gasteiger partial charge in [-0.25, -0.2) is 0 Å². The number of morpholine rings is 1. The first-order valence-electron chi connectivity index (χ1n) is 9.41. The zero-order valence-electron chi connectivity index (χ0n) is 15.8. The first kappa shape index (κ1) is 18.4. The summed E-state index contributed by atoms with van der Waals surface area (Å²) in [4.78, 5) is 5.39. The maximum absolute atomic E-state index is 5.45. The zero-order valence-corrected chi connectivity index (χ0v) is 16.6. The number of aromatic nitrogens is 1. The summed E-state index contributed by atoms with van der Waals surface area (Å²) >= 11 is 1.95. The second-order valence-corrected chi connectivity index (χ2v) is 7.83. The predicted molar refractivity (Wildman–Crippen MR) is 109 cm³/mol. The highest BCUT2D eigenvalue weighted by Gasteiger charge is 2.14. The zero-order chi connectivity index (χ0) is 17.6. The molecular weight excluding hydrogens is 328 g/mol. The number of rotatable bonds is 7. The summed E-state index contributed by atoms with van der Waals surface area (Å²) in [5.74, 6) is 0. The maximum Gasteiger partial charge on any atom is 0.103 e. The van der Waals surface area contributed by atoms with E-state index in [4.69, 9.17) is 4.74 Å². The molecule has 3 rings (SSSR count). The molecule has 136 valence electrons. The van der Waals surface area contributed by atoms with Gasteiger partial charge in [0.1, 0.15) is 4.83 Å². The van der Waals surface area contributed by atoms with E-state index in [9.17, 15) is 0 Å². The summed E-state index contributed by atoms with van der Waals surface area (Å²) in [7, 11) is 0. The van der Waals surface area contributed by atoms with Gasteiger partial charge in [-0.2, -0.15) is 0 Å². The SMILES string of the molecule is C/C=C(\C=C/CC)Cc1cc2cc(C)n(CCN3CCOCC3)c2s1. The van der Waals surface area contributed by atoms with E-state index in [1.807, 2.05) is 11.3 Å². The Kier molecular flexibility index (Phi) is 6.51. The fourth-order valence-corrected chi connectivity index (χ4v) is 4.64. The molecule has 0 saturated carbocycles. The van der Waals surface area contributed by atoms with Crippen LogP contribution in [0.4, 0.5) is 0 Å². The number of hydrogen-bond donors (Lipinski definition) is 0. The molecule has 0 unspecified atom stereocenters. The second-order valence-electron chi connectivity index (χ2n) is 6.72. The normalized spacial score (nSPS) is 17.2. The van der Waals surface area contributed by atoms with Crippen molar-refractivity contribution in [1.29, 1.82) is 0 Å². The minimum absolute atomic E-state index is 0.876. The standard InChI is InChI=1S/C21H30N2OS/c1-4-6-7-18(5-2)15-20-16-19-14-17(3)23(21(19)25-20)9-8-22-10-12-24-13-11-22/h5-7,14,16H,4,8-13,15H2,1-3H3/b7-6-,18-5+. The highest BCUT2D eigenvalue weighted by Crippen LogP contribution is 2.30. The Morgan fingerprint density at radius 3 is 2.76 bits per heavy atom. The maximum atomic E-state index is 5.45. The van der Waals surface area contributed by atoms with Crippen LogP contribution in [0.3, 0.4) is 0 Å². The minimum atomic E-state index is 0.876. The van der Waals surface area contributed by atoms with E-state index in [1.54, 1.807) is 0 Å². The summed E-state index contributed by atoms with van der Waals surface area (Å²) in [6.45, 7) is 12.6. The topological polar surface area (TPSA) is 17.4 Å². The summed E-state index contributed by atoms with van der Waals surface area (Å²) in [5, 5.41) is 1.40. The van der Waals surface area contributed by atoms with E-state index >= 15 is 0 Å². The lowest BCUT2D eigenvalue weighted by molar-refractivity contribution is 0.0365. The van der Waals surface area contributed by atoms with Crippen molar-refractivity contribution >= 4 is 21.6 Å². The van der Waals surface area contributed by atoms with E-state index in [0.717, 1.165) is 52.2 Å². The van der Waals surface area contributed by atoms with Crippen molar-refractivity contribution in [3.05, 3.63) is 46.5 Å². The predicted octanol–water partition coefficient (Wildman–Crippen LogP) is 4.80. The molecule has 2 aromatic heterocycles. The smallest absolute Gasteiger partial charge is 0.103 e. The van der Waals surface area contributed by atoms with Gasteiger partial charge < -0.3 is 9.30 Å². The molecule has 0 aliphatic carbocycles. The van der Waals surface area contributed by atoms with E-state index in [-0.39, 0.29) is 0 Å². The quantitative estimate of drug-likeness (QED) is 0.662. The molecule has 25 heavy (non-hydrogen) atoms. The Morgan fingerprint density at radius 1 is 1.24 bits per heavy atom. The molecule has 1 saturated heterocycles. The van der Waals surface area contributed by atoms with Crippen molar-refractivity contribution in [2.45, 2.75) is 40.2 Å². The van der Waals surface area contributed by atoms with Crippen LogP contribution in [0.5, 0.6) is 0 Å². The van der Waals surface area contributed by atoms with Gasteiger partial charge in [-0.1, -0.05) is 25.2 Å². The molecule has 0 radical (unpaired) electrons. The van der Waals surface area contributed by atoms with Crippen LogP contribution in [0, 0.1) is 6.92 Å². The first-order valence-corrected chi connectivity index (χ1v) is 10.2. The van der Waals surface area contributed by atoms with Crippen LogP contribution < -0.4 is 0 Å². The van der Waals surface area contributed by atoms with Gasteiger partial charge in [0.25, 0.3) is 0 Å². The van der Waals surface area contributed by atoms with Gasteiger partial charge in [0.05, 0.1) is 13.2 Å². The number of ether oxygens (including phenoxy) is 1. The summed E-state index contributed by atoms with van der Waals surface area (Å²) in [6, 6.07) is 4.72. The molecule has 4 heteroatoms. The third kappa shape index (κ3) is 4.63. The number of hydrogen-bond acceptors (Lipinski definition) is 3. The van der Waals surface area contributed by atoms with E-state index < -0.39 is 0 Å². The average Bonchev–Trinajstić information content (AvgIpc) is 3.14. The molecule has 1 fully saturated rings. The monoisotopic (exact) mass is 358 g/mol. The lowest BCUT2D eigenvalue weighted by Gasteiger charge is -2.26. The Labute approximate surface area is 155 Å². The lowest BCUT2D eigenvalue weighted by atomic mass is 10.1. The number of aryl methyl sites for hydroxylation is 1.